The minimum Gasteiger partial charge on any atom is -0.353 e. The fourth-order valence-electron chi connectivity index (χ4n) is 1.44. The standard InChI is InChI=1S/C12H12Cl2N2O2/c13-7-1-4-9(14)10(5-7)16-12(18)6-11(17)15-8-2-3-8/h1,4-5,8H,2-3,6H2,(H,15,17)(H,16,18). The maximum absolute atomic E-state index is 11.6. The van der Waals surface area contributed by atoms with Gasteiger partial charge in [0.05, 0.1) is 10.7 Å². The first-order chi connectivity index (χ1) is 8.54. The van der Waals surface area contributed by atoms with Gasteiger partial charge >= 0.3 is 0 Å². The van der Waals surface area contributed by atoms with Crippen LogP contribution in [0.2, 0.25) is 10.0 Å². The van der Waals surface area contributed by atoms with Crippen LogP contribution in [0.1, 0.15) is 19.3 Å². The van der Waals surface area contributed by atoms with Crippen LogP contribution in [0.4, 0.5) is 5.69 Å². The van der Waals surface area contributed by atoms with E-state index in [0.717, 1.165) is 12.8 Å². The lowest BCUT2D eigenvalue weighted by atomic mass is 10.3. The van der Waals surface area contributed by atoms with Gasteiger partial charge in [-0.05, 0) is 31.0 Å². The molecular formula is C12H12Cl2N2O2. The lowest BCUT2D eigenvalue weighted by molar-refractivity contribution is -0.126. The predicted octanol–water partition coefficient (Wildman–Crippen LogP) is 2.60. The Hall–Kier alpha value is -1.26. The quantitative estimate of drug-likeness (QED) is 0.836. The van der Waals surface area contributed by atoms with Crippen LogP contribution in [0.3, 0.4) is 0 Å². The molecule has 0 aliphatic heterocycles. The monoisotopic (exact) mass is 286 g/mol. The second-order valence-corrected chi connectivity index (χ2v) is 5.03. The number of anilines is 1. The summed E-state index contributed by atoms with van der Waals surface area (Å²) in [6.07, 6.45) is 1.78. The Balaban J connectivity index is 1.89. The molecule has 1 aliphatic carbocycles. The Labute approximate surface area is 115 Å². The maximum atomic E-state index is 11.6. The number of rotatable bonds is 4. The molecule has 0 unspecified atom stereocenters. The molecule has 2 amide bonds. The Morgan fingerprint density at radius 1 is 1.22 bits per heavy atom. The minimum absolute atomic E-state index is 0.209. The molecule has 6 heteroatoms. The summed E-state index contributed by atoms with van der Waals surface area (Å²) in [5.74, 6) is -0.675. The smallest absolute Gasteiger partial charge is 0.233 e. The second-order valence-electron chi connectivity index (χ2n) is 4.19. The Bertz CT molecular complexity index is 487. The summed E-state index contributed by atoms with van der Waals surface area (Å²) in [7, 11) is 0. The summed E-state index contributed by atoms with van der Waals surface area (Å²) in [6, 6.07) is 5.00. The van der Waals surface area contributed by atoms with E-state index >= 15 is 0 Å². The fraction of sp³-hybridized carbons (Fsp3) is 0.333. The molecule has 18 heavy (non-hydrogen) atoms. The van der Waals surface area contributed by atoms with Gasteiger partial charge in [0.2, 0.25) is 11.8 Å². The minimum atomic E-state index is -0.405. The third kappa shape index (κ3) is 3.89. The lowest BCUT2D eigenvalue weighted by Crippen LogP contribution is -2.29. The van der Waals surface area contributed by atoms with Crippen LogP contribution < -0.4 is 10.6 Å². The molecule has 2 N–H and O–H groups in total. The van der Waals surface area contributed by atoms with Crippen LogP contribution in [0.5, 0.6) is 0 Å². The average molecular weight is 287 g/mol. The predicted molar refractivity (Wildman–Crippen MR) is 70.9 cm³/mol. The summed E-state index contributed by atoms with van der Waals surface area (Å²) < 4.78 is 0. The van der Waals surface area contributed by atoms with Gasteiger partial charge in [0.1, 0.15) is 6.42 Å². The van der Waals surface area contributed by atoms with E-state index in [0.29, 0.717) is 15.7 Å². The normalized spacial score (nSPS) is 14.1. The number of hydrogen-bond donors (Lipinski definition) is 2. The van der Waals surface area contributed by atoms with E-state index in [1.165, 1.54) is 0 Å². The number of carbonyl (C=O) groups is 2. The van der Waals surface area contributed by atoms with E-state index in [2.05, 4.69) is 10.6 Å². The van der Waals surface area contributed by atoms with Crippen molar-refractivity contribution in [3.05, 3.63) is 28.2 Å². The molecule has 4 nitrogen and oxygen atoms in total. The summed E-state index contributed by atoms with van der Waals surface area (Å²) in [6.45, 7) is 0. The third-order valence-corrected chi connectivity index (χ3v) is 3.03. The highest BCUT2D eigenvalue weighted by molar-refractivity contribution is 6.35. The van der Waals surface area contributed by atoms with Gasteiger partial charge in [0.25, 0.3) is 0 Å². The highest BCUT2D eigenvalue weighted by atomic mass is 35.5. The Kier molecular flexibility index (Phi) is 4.09. The number of carbonyl (C=O) groups excluding carboxylic acids is 2. The topological polar surface area (TPSA) is 58.2 Å². The summed E-state index contributed by atoms with van der Waals surface area (Å²) >= 11 is 11.7. The lowest BCUT2D eigenvalue weighted by Gasteiger charge is -2.07. The molecule has 0 bridgehead atoms. The van der Waals surface area contributed by atoms with Crippen molar-refractivity contribution in [3.63, 3.8) is 0 Å². The molecule has 1 fully saturated rings. The molecule has 0 saturated heterocycles. The van der Waals surface area contributed by atoms with Crippen LogP contribution in [0.15, 0.2) is 18.2 Å². The van der Waals surface area contributed by atoms with Crippen LogP contribution in [-0.4, -0.2) is 17.9 Å². The van der Waals surface area contributed by atoms with Crippen LogP contribution in [0.25, 0.3) is 0 Å². The molecule has 1 aliphatic rings. The largest absolute Gasteiger partial charge is 0.353 e. The SMILES string of the molecule is O=C(CC(=O)NC1CC1)Nc1cc(Cl)ccc1Cl. The molecule has 0 heterocycles. The highest BCUT2D eigenvalue weighted by Gasteiger charge is 2.24. The molecule has 0 radical (unpaired) electrons. The van der Waals surface area contributed by atoms with Gasteiger partial charge in [-0.1, -0.05) is 23.2 Å². The van der Waals surface area contributed by atoms with E-state index in [1.807, 2.05) is 0 Å². The Morgan fingerprint density at radius 3 is 2.61 bits per heavy atom. The number of halogens is 2. The first kappa shape index (κ1) is 13.2. The van der Waals surface area contributed by atoms with Gasteiger partial charge in [0, 0.05) is 11.1 Å². The van der Waals surface area contributed by atoms with Gasteiger partial charge in [-0.3, -0.25) is 9.59 Å². The van der Waals surface area contributed by atoms with Crippen molar-refractivity contribution in [2.75, 3.05) is 5.32 Å². The number of benzene rings is 1. The van der Waals surface area contributed by atoms with Gasteiger partial charge in [-0.25, -0.2) is 0 Å². The van der Waals surface area contributed by atoms with Crippen LogP contribution in [0, 0.1) is 0 Å². The van der Waals surface area contributed by atoms with Crippen molar-refractivity contribution in [3.8, 4) is 0 Å². The number of hydrogen-bond acceptors (Lipinski definition) is 2. The van der Waals surface area contributed by atoms with Crippen molar-refractivity contribution in [2.24, 2.45) is 0 Å². The van der Waals surface area contributed by atoms with Gasteiger partial charge < -0.3 is 10.6 Å². The van der Waals surface area contributed by atoms with E-state index in [9.17, 15) is 9.59 Å². The maximum Gasteiger partial charge on any atom is 0.233 e. The van der Waals surface area contributed by atoms with Crippen molar-refractivity contribution in [1.29, 1.82) is 0 Å². The van der Waals surface area contributed by atoms with Gasteiger partial charge in [-0.2, -0.15) is 0 Å². The van der Waals surface area contributed by atoms with Crippen molar-refractivity contribution >= 4 is 40.7 Å². The highest BCUT2D eigenvalue weighted by Crippen LogP contribution is 2.25. The first-order valence-corrected chi connectivity index (χ1v) is 6.34. The average Bonchev–Trinajstić information content (AvgIpc) is 3.07. The van der Waals surface area contributed by atoms with Crippen molar-refractivity contribution in [1.82, 2.24) is 5.32 Å². The number of nitrogens with one attached hydrogen (secondary N) is 2. The van der Waals surface area contributed by atoms with E-state index in [-0.39, 0.29) is 18.4 Å². The van der Waals surface area contributed by atoms with Crippen molar-refractivity contribution < 1.29 is 9.59 Å². The van der Waals surface area contributed by atoms with E-state index in [1.54, 1.807) is 18.2 Å². The van der Waals surface area contributed by atoms with Crippen LogP contribution >= 0.6 is 23.2 Å². The molecule has 0 atom stereocenters. The molecule has 1 saturated carbocycles. The zero-order valence-corrected chi connectivity index (χ0v) is 11.0. The zero-order chi connectivity index (χ0) is 13.1. The summed E-state index contributed by atoms with van der Waals surface area (Å²) in [5, 5.41) is 6.15. The van der Waals surface area contributed by atoms with Crippen LogP contribution in [-0.2, 0) is 9.59 Å². The van der Waals surface area contributed by atoms with Gasteiger partial charge in [0.15, 0.2) is 0 Å². The molecule has 2 rings (SSSR count). The Morgan fingerprint density at radius 2 is 1.94 bits per heavy atom. The molecule has 1 aromatic carbocycles. The summed E-state index contributed by atoms with van der Waals surface area (Å²) in [5.41, 5.74) is 0.411. The van der Waals surface area contributed by atoms with Gasteiger partial charge in [-0.15, -0.1) is 0 Å². The zero-order valence-electron chi connectivity index (χ0n) is 9.50. The molecule has 1 aromatic rings. The fourth-order valence-corrected chi connectivity index (χ4v) is 1.78. The molecule has 96 valence electrons. The molecule has 0 aromatic heterocycles. The number of amides is 2. The third-order valence-electron chi connectivity index (χ3n) is 2.47. The second kappa shape index (κ2) is 5.59. The van der Waals surface area contributed by atoms with Crippen molar-refractivity contribution in [2.45, 2.75) is 25.3 Å². The molecular weight excluding hydrogens is 275 g/mol. The van der Waals surface area contributed by atoms with E-state index < -0.39 is 5.91 Å². The summed E-state index contributed by atoms with van der Waals surface area (Å²) in [4.78, 5) is 23.0. The first-order valence-electron chi connectivity index (χ1n) is 5.59. The molecule has 0 spiro atoms. The van der Waals surface area contributed by atoms with E-state index in [4.69, 9.17) is 23.2 Å².